The number of allylic oxidation sites excluding steroid dienone is 3. The van der Waals surface area contributed by atoms with Gasteiger partial charge in [-0.3, -0.25) is 0 Å². The van der Waals surface area contributed by atoms with Crippen LogP contribution in [0.3, 0.4) is 0 Å². The fourth-order valence-electron chi connectivity index (χ4n) is 1.31. The van der Waals surface area contributed by atoms with Crippen LogP contribution in [-0.4, -0.2) is 14.2 Å². The first-order valence-electron chi connectivity index (χ1n) is 4.09. The molecule has 0 heterocycles. The predicted molar refractivity (Wildman–Crippen MR) is 48.6 cm³/mol. The molecule has 12 heavy (non-hydrogen) atoms. The van der Waals surface area contributed by atoms with E-state index in [1.165, 1.54) is 0 Å². The molecule has 0 saturated carbocycles. The summed E-state index contributed by atoms with van der Waals surface area (Å²) in [5.41, 5.74) is 0.188. The van der Waals surface area contributed by atoms with Gasteiger partial charge in [-0.25, -0.2) is 0 Å². The van der Waals surface area contributed by atoms with Gasteiger partial charge in [-0.1, -0.05) is 19.9 Å². The van der Waals surface area contributed by atoms with E-state index in [0.717, 1.165) is 17.9 Å². The first-order chi connectivity index (χ1) is 5.59. The molecule has 1 aliphatic carbocycles. The lowest BCUT2D eigenvalue weighted by Crippen LogP contribution is -2.15. The van der Waals surface area contributed by atoms with Gasteiger partial charge in [-0.15, -0.1) is 0 Å². The van der Waals surface area contributed by atoms with Gasteiger partial charge >= 0.3 is 0 Å². The lowest BCUT2D eigenvalue weighted by atomic mass is 9.85. The fourth-order valence-corrected chi connectivity index (χ4v) is 1.31. The van der Waals surface area contributed by atoms with E-state index in [-0.39, 0.29) is 5.41 Å². The van der Waals surface area contributed by atoms with Crippen molar-refractivity contribution in [1.29, 1.82) is 0 Å². The van der Waals surface area contributed by atoms with Gasteiger partial charge in [0.2, 0.25) is 0 Å². The van der Waals surface area contributed by atoms with Crippen LogP contribution in [0.4, 0.5) is 0 Å². The summed E-state index contributed by atoms with van der Waals surface area (Å²) in [6.07, 6.45) is 5.03. The summed E-state index contributed by atoms with van der Waals surface area (Å²) in [6.45, 7) is 4.35. The third-order valence-corrected chi connectivity index (χ3v) is 2.04. The Morgan fingerprint density at radius 3 is 2.42 bits per heavy atom. The molecule has 0 aliphatic heterocycles. The average Bonchev–Trinajstić information content (AvgIpc) is 2.03. The SMILES string of the molecule is COC1=C(OC)CC(C)(C)C=C1. The number of rotatable bonds is 2. The van der Waals surface area contributed by atoms with Gasteiger partial charge in [-0.05, 0) is 11.5 Å². The van der Waals surface area contributed by atoms with Crippen LogP contribution in [0.1, 0.15) is 20.3 Å². The molecule has 0 aromatic rings. The van der Waals surface area contributed by atoms with E-state index in [4.69, 9.17) is 9.47 Å². The molecule has 0 bridgehead atoms. The highest BCUT2D eigenvalue weighted by atomic mass is 16.5. The first-order valence-corrected chi connectivity index (χ1v) is 4.09. The van der Waals surface area contributed by atoms with Gasteiger partial charge in [0.05, 0.1) is 14.2 Å². The maximum atomic E-state index is 5.23. The molecule has 0 N–H and O–H groups in total. The minimum absolute atomic E-state index is 0.188. The van der Waals surface area contributed by atoms with Gasteiger partial charge in [0.1, 0.15) is 5.76 Å². The van der Waals surface area contributed by atoms with E-state index in [1.54, 1.807) is 14.2 Å². The second-order valence-corrected chi connectivity index (χ2v) is 3.69. The molecule has 0 amide bonds. The van der Waals surface area contributed by atoms with E-state index < -0.39 is 0 Å². The standard InChI is InChI=1S/C10H16O2/c1-10(2)6-5-8(11-3)9(7-10)12-4/h5-6H,7H2,1-4H3. The molecule has 0 spiro atoms. The van der Waals surface area contributed by atoms with Crippen LogP contribution in [0.15, 0.2) is 23.7 Å². The van der Waals surface area contributed by atoms with Crippen LogP contribution in [0.5, 0.6) is 0 Å². The summed E-state index contributed by atoms with van der Waals surface area (Å²) < 4.78 is 10.4. The molecule has 2 heteroatoms. The molecule has 2 nitrogen and oxygen atoms in total. The smallest absolute Gasteiger partial charge is 0.156 e. The van der Waals surface area contributed by atoms with Crippen molar-refractivity contribution in [2.45, 2.75) is 20.3 Å². The molecule has 0 atom stereocenters. The number of methoxy groups -OCH3 is 2. The highest BCUT2D eigenvalue weighted by Crippen LogP contribution is 2.33. The Morgan fingerprint density at radius 2 is 1.92 bits per heavy atom. The van der Waals surface area contributed by atoms with Gasteiger partial charge in [0.15, 0.2) is 5.76 Å². The Kier molecular flexibility index (Phi) is 2.46. The molecule has 1 aliphatic rings. The van der Waals surface area contributed by atoms with Crippen molar-refractivity contribution in [3.8, 4) is 0 Å². The highest BCUT2D eigenvalue weighted by Gasteiger charge is 2.23. The summed E-state index contributed by atoms with van der Waals surface area (Å²) in [4.78, 5) is 0. The van der Waals surface area contributed by atoms with Crippen molar-refractivity contribution >= 4 is 0 Å². The molecule has 0 radical (unpaired) electrons. The molecular weight excluding hydrogens is 152 g/mol. The minimum atomic E-state index is 0.188. The Bertz CT molecular complexity index is 224. The quantitative estimate of drug-likeness (QED) is 0.630. The minimum Gasteiger partial charge on any atom is -0.497 e. The van der Waals surface area contributed by atoms with Crippen molar-refractivity contribution in [3.63, 3.8) is 0 Å². The molecule has 1 rings (SSSR count). The van der Waals surface area contributed by atoms with Gasteiger partial charge < -0.3 is 9.47 Å². The maximum absolute atomic E-state index is 5.23. The lowest BCUT2D eigenvalue weighted by molar-refractivity contribution is 0.196. The van der Waals surface area contributed by atoms with Gasteiger partial charge in [-0.2, -0.15) is 0 Å². The summed E-state index contributed by atoms with van der Waals surface area (Å²) in [6, 6.07) is 0. The third kappa shape index (κ3) is 1.81. The molecule has 0 aromatic heterocycles. The topological polar surface area (TPSA) is 18.5 Å². The second kappa shape index (κ2) is 3.21. The zero-order chi connectivity index (χ0) is 9.19. The Hall–Kier alpha value is -0.920. The van der Waals surface area contributed by atoms with Crippen LogP contribution in [0, 0.1) is 5.41 Å². The first kappa shape index (κ1) is 9.17. The van der Waals surface area contributed by atoms with Crippen molar-refractivity contribution in [2.75, 3.05) is 14.2 Å². The van der Waals surface area contributed by atoms with Gasteiger partial charge in [0.25, 0.3) is 0 Å². The number of hydrogen-bond donors (Lipinski definition) is 0. The molecular formula is C10H16O2. The number of hydrogen-bond acceptors (Lipinski definition) is 2. The van der Waals surface area contributed by atoms with E-state index in [2.05, 4.69) is 19.9 Å². The summed E-state index contributed by atoms with van der Waals surface area (Å²) in [5, 5.41) is 0. The summed E-state index contributed by atoms with van der Waals surface area (Å²) in [5.74, 6) is 1.78. The van der Waals surface area contributed by atoms with Crippen LogP contribution in [-0.2, 0) is 9.47 Å². The summed E-state index contributed by atoms with van der Waals surface area (Å²) in [7, 11) is 3.35. The zero-order valence-electron chi connectivity index (χ0n) is 8.18. The highest BCUT2D eigenvalue weighted by molar-refractivity contribution is 5.24. The van der Waals surface area contributed by atoms with E-state index in [0.29, 0.717) is 0 Å². The van der Waals surface area contributed by atoms with Crippen molar-refractivity contribution in [1.82, 2.24) is 0 Å². The molecule has 68 valence electrons. The monoisotopic (exact) mass is 168 g/mol. The van der Waals surface area contributed by atoms with Crippen LogP contribution in [0.2, 0.25) is 0 Å². The molecule has 0 fully saturated rings. The van der Waals surface area contributed by atoms with E-state index >= 15 is 0 Å². The number of ether oxygens (including phenoxy) is 2. The Labute approximate surface area is 73.9 Å². The largest absolute Gasteiger partial charge is 0.497 e. The second-order valence-electron chi connectivity index (χ2n) is 3.69. The third-order valence-electron chi connectivity index (χ3n) is 2.04. The fraction of sp³-hybridized carbons (Fsp3) is 0.600. The van der Waals surface area contributed by atoms with Crippen LogP contribution < -0.4 is 0 Å². The normalized spacial score (nSPS) is 21.0. The van der Waals surface area contributed by atoms with Crippen LogP contribution in [0.25, 0.3) is 0 Å². The summed E-state index contributed by atoms with van der Waals surface area (Å²) >= 11 is 0. The lowest BCUT2D eigenvalue weighted by Gasteiger charge is -2.26. The van der Waals surface area contributed by atoms with Gasteiger partial charge in [0, 0.05) is 6.42 Å². The van der Waals surface area contributed by atoms with Crippen LogP contribution >= 0.6 is 0 Å². The Morgan fingerprint density at radius 1 is 1.25 bits per heavy atom. The van der Waals surface area contributed by atoms with E-state index in [1.807, 2.05) is 6.08 Å². The van der Waals surface area contributed by atoms with Crippen molar-refractivity contribution < 1.29 is 9.47 Å². The van der Waals surface area contributed by atoms with Crippen molar-refractivity contribution in [2.24, 2.45) is 5.41 Å². The molecule has 0 saturated heterocycles. The average molecular weight is 168 g/mol. The molecule has 0 aromatic carbocycles. The zero-order valence-corrected chi connectivity index (χ0v) is 8.18. The predicted octanol–water partition coefficient (Wildman–Crippen LogP) is 2.48. The van der Waals surface area contributed by atoms with Crippen molar-refractivity contribution in [3.05, 3.63) is 23.7 Å². The van der Waals surface area contributed by atoms with E-state index in [9.17, 15) is 0 Å². The maximum Gasteiger partial charge on any atom is 0.156 e. The molecule has 0 unspecified atom stereocenters. The Balaban J connectivity index is 2.86.